The number of anilines is 2. The van der Waals surface area contributed by atoms with Crippen LogP contribution in [0.15, 0.2) is 59.1 Å². The Bertz CT molecular complexity index is 1510. The number of carbonyl (C=O) groups excluding carboxylic acids is 2. The third-order valence-corrected chi connectivity index (χ3v) is 6.67. The predicted molar refractivity (Wildman–Crippen MR) is 133 cm³/mol. The Morgan fingerprint density at radius 2 is 1.40 bits per heavy atom. The van der Waals surface area contributed by atoms with Crippen LogP contribution in [0.25, 0.3) is 0 Å². The summed E-state index contributed by atoms with van der Waals surface area (Å²) < 4.78 is 149. The van der Waals surface area contributed by atoms with Gasteiger partial charge in [0.05, 0.1) is 22.5 Å². The van der Waals surface area contributed by atoms with Crippen molar-refractivity contribution in [3.63, 3.8) is 0 Å². The number of hydrogen-bond acceptors (Lipinski definition) is 2. The molecule has 0 aliphatic rings. The summed E-state index contributed by atoms with van der Waals surface area (Å²) in [6.45, 7) is 0. The summed E-state index contributed by atoms with van der Waals surface area (Å²) in [6, 6.07) is 7.21. The van der Waals surface area contributed by atoms with E-state index in [1.54, 1.807) is 5.32 Å². The average Bonchev–Trinajstić information content (AvgIpc) is 2.86. The molecule has 4 nitrogen and oxygen atoms in total. The summed E-state index contributed by atoms with van der Waals surface area (Å²) in [5.74, 6) is -3.85. The number of hydrogen-bond donors (Lipinski definition) is 1. The lowest BCUT2D eigenvalue weighted by Gasteiger charge is -2.31. The highest BCUT2D eigenvalue weighted by Crippen LogP contribution is 2.55. The van der Waals surface area contributed by atoms with Crippen molar-refractivity contribution in [2.75, 3.05) is 17.3 Å². The molecule has 0 unspecified atom stereocenters. The minimum atomic E-state index is -6.72. The molecule has 0 saturated carbocycles. The number of halogens is 13. The molecule has 0 heterocycles. The number of carbonyl (C=O) groups is 2. The van der Waals surface area contributed by atoms with Gasteiger partial charge in [0.2, 0.25) is 0 Å². The van der Waals surface area contributed by atoms with E-state index in [9.17, 15) is 53.5 Å². The van der Waals surface area contributed by atoms with Crippen LogP contribution in [0.1, 0.15) is 31.8 Å². The molecule has 0 aliphatic carbocycles. The van der Waals surface area contributed by atoms with Crippen LogP contribution in [0, 0.1) is 5.82 Å². The Labute approximate surface area is 242 Å². The summed E-state index contributed by atoms with van der Waals surface area (Å²) >= 11 is 8.11. The maximum atomic E-state index is 15.3. The number of nitrogens with zero attached hydrogens (tertiary/aromatic N) is 1. The molecule has 226 valence electrons. The zero-order chi connectivity index (χ0) is 32.0. The van der Waals surface area contributed by atoms with Crippen LogP contribution in [-0.2, 0) is 11.8 Å². The number of benzene rings is 3. The van der Waals surface area contributed by atoms with Crippen molar-refractivity contribution in [2.24, 2.45) is 0 Å². The summed E-state index contributed by atoms with van der Waals surface area (Å²) in [5.41, 5.74) is -13.9. The van der Waals surface area contributed by atoms with Gasteiger partial charge in [0.25, 0.3) is 11.8 Å². The van der Waals surface area contributed by atoms with Gasteiger partial charge in [0, 0.05) is 27.7 Å². The second kappa shape index (κ2) is 11.4. The first kappa shape index (κ1) is 33.1. The van der Waals surface area contributed by atoms with Gasteiger partial charge in [-0.2, -0.15) is 39.5 Å². The van der Waals surface area contributed by atoms with Crippen LogP contribution in [-0.4, -0.2) is 31.2 Å². The quantitative estimate of drug-likeness (QED) is 0.271. The van der Waals surface area contributed by atoms with E-state index in [1.165, 1.54) is 24.3 Å². The van der Waals surface area contributed by atoms with Gasteiger partial charge in [-0.15, -0.1) is 0 Å². The van der Waals surface area contributed by atoms with Gasteiger partial charge in [-0.1, -0.05) is 17.7 Å². The zero-order valence-corrected chi connectivity index (χ0v) is 22.7. The van der Waals surface area contributed by atoms with E-state index < -0.39 is 80.4 Å². The van der Waals surface area contributed by atoms with E-state index in [1.807, 2.05) is 0 Å². The molecule has 0 aromatic heterocycles. The largest absolute Gasteiger partial charge is 0.435 e. The van der Waals surface area contributed by atoms with Gasteiger partial charge in [0.1, 0.15) is 0 Å². The number of alkyl halides is 10. The molecule has 0 fully saturated rings. The molecule has 0 spiro atoms. The Kier molecular flexibility index (Phi) is 8.95. The smallest absolute Gasteiger partial charge is 0.320 e. The standard InChI is InChI=1S/C25H13BrClF11N2O2/c1-40(21(42)11-5-7-13(27)8-6-11)17-4-2-3-14(18(17)28)20(41)39-19-15(23(30,31)32)9-12(10-16(19)26)22(29,24(33,34)35)25(36,37)38/h2-10H,1H3,(H,39,41). The lowest BCUT2D eigenvalue weighted by molar-refractivity contribution is -0.348. The molecule has 1 N–H and O–H groups in total. The summed E-state index contributed by atoms with van der Waals surface area (Å²) in [7, 11) is 1.11. The first-order valence-corrected chi connectivity index (χ1v) is 12.2. The monoisotopic (exact) mass is 696 g/mol. The molecule has 3 rings (SSSR count). The van der Waals surface area contributed by atoms with E-state index in [0.717, 1.165) is 30.1 Å². The second-order valence-electron chi connectivity index (χ2n) is 8.50. The number of amides is 2. The number of rotatable bonds is 5. The first-order chi connectivity index (χ1) is 19.1. The fourth-order valence-corrected chi connectivity index (χ4v) is 4.36. The molecule has 17 heteroatoms. The van der Waals surface area contributed by atoms with Gasteiger partial charge in [-0.3, -0.25) is 9.59 Å². The lowest BCUT2D eigenvalue weighted by Crippen LogP contribution is -2.50. The molecule has 42 heavy (non-hydrogen) atoms. The Balaban J connectivity index is 2.07. The lowest BCUT2D eigenvalue weighted by atomic mass is 9.92. The van der Waals surface area contributed by atoms with Crippen LogP contribution in [0.4, 0.5) is 59.7 Å². The van der Waals surface area contributed by atoms with Crippen molar-refractivity contribution in [2.45, 2.75) is 24.2 Å². The van der Waals surface area contributed by atoms with E-state index in [-0.39, 0.29) is 16.7 Å². The zero-order valence-electron chi connectivity index (χ0n) is 20.4. The van der Waals surface area contributed by atoms with Gasteiger partial charge in [-0.25, -0.2) is 8.78 Å². The third-order valence-electron chi connectivity index (χ3n) is 5.79. The highest BCUT2D eigenvalue weighted by atomic mass is 79.9. The highest BCUT2D eigenvalue weighted by Gasteiger charge is 2.73. The number of nitrogens with one attached hydrogen (secondary N) is 1. The van der Waals surface area contributed by atoms with Crippen molar-refractivity contribution in [3.8, 4) is 0 Å². The summed E-state index contributed by atoms with van der Waals surface area (Å²) in [6.07, 6.45) is -19.2. The predicted octanol–water partition coefficient (Wildman–Crippen LogP) is 9.08. The normalized spacial score (nSPS) is 12.7. The van der Waals surface area contributed by atoms with E-state index in [0.29, 0.717) is 0 Å². The van der Waals surface area contributed by atoms with Crippen LogP contribution >= 0.6 is 27.5 Å². The van der Waals surface area contributed by atoms with Gasteiger partial charge in [-0.05, 0) is 64.5 Å². The van der Waals surface area contributed by atoms with Crippen LogP contribution in [0.5, 0.6) is 0 Å². The molecule has 3 aromatic carbocycles. The van der Waals surface area contributed by atoms with Crippen molar-refractivity contribution < 1.29 is 57.9 Å². The van der Waals surface area contributed by atoms with E-state index in [2.05, 4.69) is 15.9 Å². The van der Waals surface area contributed by atoms with E-state index >= 15 is 4.39 Å². The maximum absolute atomic E-state index is 15.3. The fourth-order valence-electron chi connectivity index (χ4n) is 3.67. The molecule has 0 atom stereocenters. The Morgan fingerprint density at radius 1 is 0.857 bits per heavy atom. The Morgan fingerprint density at radius 3 is 1.90 bits per heavy atom. The fraction of sp³-hybridized carbons (Fsp3) is 0.200. The third kappa shape index (κ3) is 6.19. The topological polar surface area (TPSA) is 49.4 Å². The molecule has 0 bridgehead atoms. The van der Waals surface area contributed by atoms with Gasteiger partial charge < -0.3 is 10.2 Å². The molecule has 0 aliphatic heterocycles. The molecular weight excluding hydrogens is 685 g/mol. The van der Waals surface area contributed by atoms with Crippen LogP contribution < -0.4 is 10.2 Å². The van der Waals surface area contributed by atoms with Gasteiger partial charge >= 0.3 is 24.2 Å². The summed E-state index contributed by atoms with van der Waals surface area (Å²) in [5, 5.41) is 1.87. The van der Waals surface area contributed by atoms with Crippen molar-refractivity contribution in [1.82, 2.24) is 0 Å². The SMILES string of the molecule is CN(C(=O)c1ccc(Cl)cc1)c1cccc(C(=O)Nc2c(Br)cc(C(F)(C(F)(F)F)C(F)(F)F)cc2C(F)(F)F)c1F. The maximum Gasteiger partial charge on any atom is 0.435 e. The molecule has 3 aromatic rings. The Hall–Kier alpha value is -3.40. The highest BCUT2D eigenvalue weighted by molar-refractivity contribution is 9.10. The van der Waals surface area contributed by atoms with Crippen molar-refractivity contribution in [1.29, 1.82) is 0 Å². The van der Waals surface area contributed by atoms with Crippen molar-refractivity contribution >= 4 is 50.7 Å². The second-order valence-corrected chi connectivity index (χ2v) is 9.79. The molecule has 0 radical (unpaired) electrons. The first-order valence-electron chi connectivity index (χ1n) is 11.0. The van der Waals surface area contributed by atoms with Gasteiger partial charge in [0.15, 0.2) is 5.82 Å². The van der Waals surface area contributed by atoms with E-state index in [4.69, 9.17) is 11.6 Å². The minimum Gasteiger partial charge on any atom is -0.320 e. The average molecular weight is 698 g/mol. The summed E-state index contributed by atoms with van der Waals surface area (Å²) in [4.78, 5) is 26.3. The van der Waals surface area contributed by atoms with Crippen molar-refractivity contribution in [3.05, 3.63) is 92.2 Å². The van der Waals surface area contributed by atoms with Crippen LogP contribution in [0.3, 0.4) is 0 Å². The molecular formula is C25H13BrClF11N2O2. The van der Waals surface area contributed by atoms with Crippen LogP contribution in [0.2, 0.25) is 5.02 Å². The minimum absolute atomic E-state index is 0.0386. The molecule has 2 amide bonds. The molecule has 0 saturated heterocycles.